The molecule has 1 N–H and O–H groups in total. The standard InChI is InChI=1S/C18H28N2S/c1-6-10-11-21-18(19-5)20-17-15(8-3)12-14(7-2)13-16(17)9-4/h6,10,12-13H,7-9,11H2,1-5H3,(H,19,20). The molecule has 0 atom stereocenters. The molecule has 0 aromatic heterocycles. The van der Waals surface area contributed by atoms with Crippen molar-refractivity contribution in [1.82, 2.24) is 0 Å². The molecule has 0 amide bonds. The molecule has 0 aliphatic rings. The molecule has 1 aromatic rings. The van der Waals surface area contributed by atoms with E-state index in [0.29, 0.717) is 0 Å². The third-order valence-electron chi connectivity index (χ3n) is 3.52. The lowest BCUT2D eigenvalue weighted by molar-refractivity contribution is 1.05. The molecule has 0 radical (unpaired) electrons. The van der Waals surface area contributed by atoms with Crippen LogP contribution in [0.3, 0.4) is 0 Å². The second-order valence-electron chi connectivity index (χ2n) is 4.88. The van der Waals surface area contributed by atoms with Crippen LogP contribution in [0.2, 0.25) is 0 Å². The number of thioether (sulfide) groups is 1. The first-order valence-corrected chi connectivity index (χ1v) is 8.80. The lowest BCUT2D eigenvalue weighted by Gasteiger charge is -2.18. The number of amidine groups is 1. The summed E-state index contributed by atoms with van der Waals surface area (Å²) in [5.74, 6) is 0.951. The number of hydrogen-bond donors (Lipinski definition) is 1. The molecule has 3 heteroatoms. The molecule has 0 fully saturated rings. The Balaban J connectivity index is 3.04. The molecular formula is C18H28N2S. The van der Waals surface area contributed by atoms with Gasteiger partial charge in [0.2, 0.25) is 0 Å². The van der Waals surface area contributed by atoms with Gasteiger partial charge in [-0.05, 0) is 42.9 Å². The van der Waals surface area contributed by atoms with Crippen molar-refractivity contribution in [2.24, 2.45) is 4.99 Å². The summed E-state index contributed by atoms with van der Waals surface area (Å²) in [7, 11) is 1.85. The van der Waals surface area contributed by atoms with Crippen molar-refractivity contribution in [3.05, 3.63) is 41.0 Å². The monoisotopic (exact) mass is 304 g/mol. The molecule has 0 saturated heterocycles. The summed E-state index contributed by atoms with van der Waals surface area (Å²) in [6.07, 6.45) is 7.40. The number of aryl methyl sites for hydroxylation is 3. The zero-order valence-corrected chi connectivity index (χ0v) is 14.8. The second-order valence-corrected chi connectivity index (χ2v) is 5.89. The molecule has 1 aromatic carbocycles. The number of nitrogens with one attached hydrogen (secondary N) is 1. The first-order valence-electron chi connectivity index (χ1n) is 7.82. The average molecular weight is 305 g/mol. The Kier molecular flexibility index (Phi) is 8.21. The van der Waals surface area contributed by atoms with Crippen LogP contribution in [0.5, 0.6) is 0 Å². The number of aliphatic imine (C=N–C) groups is 1. The normalized spacial score (nSPS) is 12.1. The SMILES string of the molecule is CC=CCSC(=NC)Nc1c(CC)cc(CC)cc1CC. The lowest BCUT2D eigenvalue weighted by Crippen LogP contribution is -2.12. The van der Waals surface area contributed by atoms with Gasteiger partial charge < -0.3 is 5.32 Å². The minimum Gasteiger partial charge on any atom is -0.335 e. The molecular weight excluding hydrogens is 276 g/mol. The van der Waals surface area contributed by atoms with Gasteiger partial charge in [-0.2, -0.15) is 0 Å². The Morgan fingerprint density at radius 3 is 2.19 bits per heavy atom. The number of benzene rings is 1. The van der Waals surface area contributed by atoms with Crippen LogP contribution in [0, 0.1) is 0 Å². The van der Waals surface area contributed by atoms with E-state index in [1.807, 2.05) is 14.0 Å². The van der Waals surface area contributed by atoms with Crippen molar-refractivity contribution < 1.29 is 0 Å². The Morgan fingerprint density at radius 2 is 1.76 bits per heavy atom. The van der Waals surface area contributed by atoms with Gasteiger partial charge in [0.25, 0.3) is 0 Å². The van der Waals surface area contributed by atoms with E-state index in [4.69, 9.17) is 0 Å². The summed E-state index contributed by atoms with van der Waals surface area (Å²) in [5, 5.41) is 4.54. The fraction of sp³-hybridized carbons (Fsp3) is 0.500. The van der Waals surface area contributed by atoms with Crippen LogP contribution in [0.4, 0.5) is 5.69 Å². The topological polar surface area (TPSA) is 24.4 Å². The van der Waals surface area contributed by atoms with Gasteiger partial charge in [-0.3, -0.25) is 4.99 Å². The highest BCUT2D eigenvalue weighted by Gasteiger charge is 2.10. The third kappa shape index (κ3) is 5.24. The highest BCUT2D eigenvalue weighted by molar-refractivity contribution is 8.14. The highest BCUT2D eigenvalue weighted by Crippen LogP contribution is 2.26. The summed E-state index contributed by atoms with van der Waals surface area (Å²) < 4.78 is 0. The molecule has 116 valence electrons. The maximum atomic E-state index is 4.38. The van der Waals surface area contributed by atoms with E-state index in [0.717, 1.165) is 30.2 Å². The first-order chi connectivity index (χ1) is 10.2. The van der Waals surface area contributed by atoms with E-state index in [1.165, 1.54) is 22.4 Å². The minimum atomic E-state index is 0.951. The zero-order chi connectivity index (χ0) is 15.7. The van der Waals surface area contributed by atoms with Gasteiger partial charge in [0.05, 0.1) is 0 Å². The van der Waals surface area contributed by atoms with Crippen LogP contribution in [0.25, 0.3) is 0 Å². The van der Waals surface area contributed by atoms with Crippen LogP contribution in [-0.2, 0) is 19.3 Å². The van der Waals surface area contributed by atoms with Gasteiger partial charge in [-0.1, -0.05) is 56.8 Å². The number of allylic oxidation sites excluding steroid dienone is 1. The molecule has 0 unspecified atom stereocenters. The van der Waals surface area contributed by atoms with E-state index in [2.05, 4.69) is 55.4 Å². The van der Waals surface area contributed by atoms with Gasteiger partial charge in [0.15, 0.2) is 5.17 Å². The summed E-state index contributed by atoms with van der Waals surface area (Å²) in [5.41, 5.74) is 5.45. The fourth-order valence-corrected chi connectivity index (χ4v) is 3.00. The van der Waals surface area contributed by atoms with Gasteiger partial charge >= 0.3 is 0 Å². The van der Waals surface area contributed by atoms with Crippen molar-refractivity contribution in [2.75, 3.05) is 18.1 Å². The Bertz CT molecular complexity index is 479. The summed E-state index contributed by atoms with van der Waals surface area (Å²) in [6, 6.07) is 4.65. The van der Waals surface area contributed by atoms with Crippen LogP contribution in [0.1, 0.15) is 44.4 Å². The Labute approximate surface area is 134 Å². The molecule has 0 aliphatic heterocycles. The van der Waals surface area contributed by atoms with E-state index in [-0.39, 0.29) is 0 Å². The molecule has 0 saturated carbocycles. The third-order valence-corrected chi connectivity index (χ3v) is 4.44. The minimum absolute atomic E-state index is 0.951. The van der Waals surface area contributed by atoms with Gasteiger partial charge in [-0.15, -0.1) is 0 Å². The summed E-state index contributed by atoms with van der Waals surface area (Å²) in [6.45, 7) is 8.70. The molecule has 1 rings (SSSR count). The molecule has 2 nitrogen and oxygen atoms in total. The second kappa shape index (κ2) is 9.67. The molecule has 0 spiro atoms. The summed E-state index contributed by atoms with van der Waals surface area (Å²) >= 11 is 1.74. The van der Waals surface area contributed by atoms with E-state index in [1.54, 1.807) is 11.8 Å². The smallest absolute Gasteiger partial charge is 0.161 e. The van der Waals surface area contributed by atoms with E-state index >= 15 is 0 Å². The Morgan fingerprint density at radius 1 is 1.14 bits per heavy atom. The fourth-order valence-electron chi connectivity index (χ4n) is 2.25. The van der Waals surface area contributed by atoms with Crippen molar-refractivity contribution in [1.29, 1.82) is 0 Å². The summed E-state index contributed by atoms with van der Waals surface area (Å²) in [4.78, 5) is 4.38. The van der Waals surface area contributed by atoms with Crippen molar-refractivity contribution in [2.45, 2.75) is 47.0 Å². The van der Waals surface area contributed by atoms with Crippen LogP contribution >= 0.6 is 11.8 Å². The zero-order valence-electron chi connectivity index (χ0n) is 14.0. The van der Waals surface area contributed by atoms with Crippen molar-refractivity contribution in [3.8, 4) is 0 Å². The largest absolute Gasteiger partial charge is 0.335 e. The van der Waals surface area contributed by atoms with Crippen LogP contribution in [0.15, 0.2) is 29.3 Å². The van der Waals surface area contributed by atoms with Crippen LogP contribution < -0.4 is 5.32 Å². The van der Waals surface area contributed by atoms with E-state index in [9.17, 15) is 0 Å². The first kappa shape index (κ1) is 17.8. The van der Waals surface area contributed by atoms with Crippen molar-refractivity contribution >= 4 is 22.6 Å². The maximum Gasteiger partial charge on any atom is 0.161 e. The lowest BCUT2D eigenvalue weighted by atomic mass is 9.98. The maximum absolute atomic E-state index is 4.38. The van der Waals surface area contributed by atoms with Gasteiger partial charge in [0.1, 0.15) is 0 Å². The molecule has 0 aliphatic carbocycles. The van der Waals surface area contributed by atoms with Crippen LogP contribution in [-0.4, -0.2) is 18.0 Å². The number of anilines is 1. The van der Waals surface area contributed by atoms with Gasteiger partial charge in [0, 0.05) is 18.5 Å². The van der Waals surface area contributed by atoms with E-state index < -0.39 is 0 Å². The average Bonchev–Trinajstić information content (AvgIpc) is 2.53. The molecule has 21 heavy (non-hydrogen) atoms. The highest BCUT2D eigenvalue weighted by atomic mass is 32.2. The quantitative estimate of drug-likeness (QED) is 0.450. The predicted molar refractivity (Wildman–Crippen MR) is 98.8 cm³/mol. The van der Waals surface area contributed by atoms with Crippen molar-refractivity contribution in [3.63, 3.8) is 0 Å². The molecule has 0 heterocycles. The van der Waals surface area contributed by atoms with Gasteiger partial charge in [-0.25, -0.2) is 0 Å². The predicted octanol–water partition coefficient (Wildman–Crippen LogP) is 5.08. The number of rotatable bonds is 6. The number of hydrogen-bond acceptors (Lipinski definition) is 2. The Hall–Kier alpha value is -1.22. The molecule has 0 bridgehead atoms. The number of nitrogens with zero attached hydrogens (tertiary/aromatic N) is 1.